The standard InChI is InChI=1S/C10H12N2O3/c1-14-9-5-3-8(4-6-9)7-11-12-10(13)15-2/h3-7H,1-2H3,(H,12,13)/b11-7+. The summed E-state index contributed by atoms with van der Waals surface area (Å²) < 4.78 is 9.34. The van der Waals surface area contributed by atoms with Gasteiger partial charge in [0, 0.05) is 0 Å². The molecule has 5 heteroatoms. The van der Waals surface area contributed by atoms with Crippen LogP contribution in [0.3, 0.4) is 0 Å². The van der Waals surface area contributed by atoms with E-state index >= 15 is 0 Å². The number of nitrogens with one attached hydrogen (secondary N) is 1. The first-order valence-electron chi connectivity index (χ1n) is 4.27. The summed E-state index contributed by atoms with van der Waals surface area (Å²) in [7, 11) is 2.88. The monoisotopic (exact) mass is 208 g/mol. The molecule has 0 aliphatic carbocycles. The molecule has 1 aromatic carbocycles. The third-order valence-electron chi connectivity index (χ3n) is 1.67. The van der Waals surface area contributed by atoms with Gasteiger partial charge in [-0.3, -0.25) is 0 Å². The SMILES string of the molecule is COC(=O)N/N=C/c1ccc(OC)cc1. The van der Waals surface area contributed by atoms with Crippen LogP contribution in [0.15, 0.2) is 29.4 Å². The van der Waals surface area contributed by atoms with Crippen molar-refractivity contribution in [2.75, 3.05) is 14.2 Å². The second-order valence-electron chi connectivity index (χ2n) is 2.63. The van der Waals surface area contributed by atoms with Crippen LogP contribution in [0.2, 0.25) is 0 Å². The maximum atomic E-state index is 10.6. The molecular weight excluding hydrogens is 196 g/mol. The number of ether oxygens (including phenoxy) is 2. The third kappa shape index (κ3) is 3.68. The van der Waals surface area contributed by atoms with Gasteiger partial charge in [0.2, 0.25) is 0 Å². The third-order valence-corrected chi connectivity index (χ3v) is 1.67. The van der Waals surface area contributed by atoms with Crippen LogP contribution < -0.4 is 10.2 Å². The van der Waals surface area contributed by atoms with Gasteiger partial charge in [0.15, 0.2) is 0 Å². The Kier molecular flexibility index (Phi) is 4.15. The Bertz CT molecular complexity index is 346. The summed E-state index contributed by atoms with van der Waals surface area (Å²) >= 11 is 0. The summed E-state index contributed by atoms with van der Waals surface area (Å²) in [5.41, 5.74) is 3.04. The molecular formula is C10H12N2O3. The van der Waals surface area contributed by atoms with Crippen LogP contribution >= 0.6 is 0 Å². The first-order chi connectivity index (χ1) is 7.26. The van der Waals surface area contributed by atoms with Crippen molar-refractivity contribution in [1.82, 2.24) is 5.43 Å². The Morgan fingerprint density at radius 1 is 1.33 bits per heavy atom. The van der Waals surface area contributed by atoms with E-state index in [0.29, 0.717) is 0 Å². The Morgan fingerprint density at radius 3 is 2.53 bits per heavy atom. The summed E-state index contributed by atoms with van der Waals surface area (Å²) in [5, 5.41) is 3.68. The molecule has 0 saturated carbocycles. The number of hydrazone groups is 1. The number of nitrogens with zero attached hydrogens (tertiary/aromatic N) is 1. The van der Waals surface area contributed by atoms with E-state index in [2.05, 4.69) is 15.3 Å². The van der Waals surface area contributed by atoms with Gasteiger partial charge in [-0.15, -0.1) is 0 Å². The number of amides is 1. The minimum Gasteiger partial charge on any atom is -0.497 e. The Labute approximate surface area is 87.7 Å². The lowest BCUT2D eigenvalue weighted by molar-refractivity contribution is 0.171. The number of methoxy groups -OCH3 is 2. The largest absolute Gasteiger partial charge is 0.497 e. The first kappa shape index (κ1) is 11.0. The summed E-state index contributed by atoms with van der Waals surface area (Å²) in [6, 6.07) is 7.25. The van der Waals surface area contributed by atoms with Crippen LogP contribution in [0.4, 0.5) is 4.79 Å². The fourth-order valence-corrected chi connectivity index (χ4v) is 0.895. The number of carbonyl (C=O) groups is 1. The van der Waals surface area contributed by atoms with Gasteiger partial charge >= 0.3 is 6.09 Å². The summed E-state index contributed by atoms with van der Waals surface area (Å²) in [5.74, 6) is 0.771. The molecule has 0 atom stereocenters. The van der Waals surface area contributed by atoms with Crippen LogP contribution in [-0.4, -0.2) is 26.5 Å². The average Bonchev–Trinajstić information content (AvgIpc) is 2.29. The number of hydrogen-bond donors (Lipinski definition) is 1. The van der Waals surface area contributed by atoms with Gasteiger partial charge in [-0.05, 0) is 29.8 Å². The highest BCUT2D eigenvalue weighted by atomic mass is 16.5. The number of rotatable bonds is 3. The highest BCUT2D eigenvalue weighted by Crippen LogP contribution is 2.09. The van der Waals surface area contributed by atoms with Crippen LogP contribution in [0.1, 0.15) is 5.56 Å². The molecule has 0 heterocycles. The van der Waals surface area contributed by atoms with Crippen molar-refractivity contribution >= 4 is 12.3 Å². The Balaban J connectivity index is 2.53. The van der Waals surface area contributed by atoms with Gasteiger partial charge in [0.25, 0.3) is 0 Å². The van der Waals surface area contributed by atoms with Crippen molar-refractivity contribution < 1.29 is 14.3 Å². The molecule has 0 unspecified atom stereocenters. The van der Waals surface area contributed by atoms with Crippen molar-refractivity contribution in [3.8, 4) is 5.75 Å². The minimum atomic E-state index is -0.597. The lowest BCUT2D eigenvalue weighted by Gasteiger charge is -1.99. The number of hydrogen-bond acceptors (Lipinski definition) is 4. The molecule has 0 spiro atoms. The summed E-state index contributed by atoms with van der Waals surface area (Å²) in [6.07, 6.45) is 0.913. The molecule has 1 amide bonds. The zero-order chi connectivity index (χ0) is 11.1. The molecule has 0 aromatic heterocycles. The van der Waals surface area contributed by atoms with E-state index in [1.165, 1.54) is 13.3 Å². The van der Waals surface area contributed by atoms with E-state index in [0.717, 1.165) is 11.3 Å². The second-order valence-corrected chi connectivity index (χ2v) is 2.63. The molecule has 0 bridgehead atoms. The van der Waals surface area contributed by atoms with Crippen molar-refractivity contribution in [3.63, 3.8) is 0 Å². The lowest BCUT2D eigenvalue weighted by atomic mass is 10.2. The van der Waals surface area contributed by atoms with Crippen molar-refractivity contribution in [3.05, 3.63) is 29.8 Å². The fourth-order valence-electron chi connectivity index (χ4n) is 0.895. The minimum absolute atomic E-state index is 0.597. The maximum absolute atomic E-state index is 10.6. The van der Waals surface area contributed by atoms with Gasteiger partial charge in [-0.1, -0.05) is 0 Å². The Morgan fingerprint density at radius 2 is 2.00 bits per heavy atom. The molecule has 0 aliphatic rings. The zero-order valence-electron chi connectivity index (χ0n) is 8.56. The van der Waals surface area contributed by atoms with Crippen LogP contribution in [0, 0.1) is 0 Å². The van der Waals surface area contributed by atoms with Crippen molar-refractivity contribution in [2.24, 2.45) is 5.10 Å². The lowest BCUT2D eigenvalue weighted by Crippen LogP contribution is -2.16. The highest BCUT2D eigenvalue weighted by molar-refractivity contribution is 5.80. The molecule has 1 N–H and O–H groups in total. The normalized spacial score (nSPS) is 10.0. The molecule has 1 aromatic rings. The van der Waals surface area contributed by atoms with E-state index in [1.807, 2.05) is 12.1 Å². The highest BCUT2D eigenvalue weighted by Gasteiger charge is 1.93. The van der Waals surface area contributed by atoms with E-state index in [-0.39, 0.29) is 0 Å². The van der Waals surface area contributed by atoms with Crippen LogP contribution in [-0.2, 0) is 4.74 Å². The van der Waals surface area contributed by atoms with Gasteiger partial charge in [0.05, 0.1) is 20.4 Å². The summed E-state index contributed by atoms with van der Waals surface area (Å²) in [6.45, 7) is 0. The van der Waals surface area contributed by atoms with Crippen LogP contribution in [0.5, 0.6) is 5.75 Å². The molecule has 0 radical (unpaired) electrons. The predicted octanol–water partition coefficient (Wildman–Crippen LogP) is 1.39. The topological polar surface area (TPSA) is 59.9 Å². The van der Waals surface area contributed by atoms with Crippen molar-refractivity contribution in [2.45, 2.75) is 0 Å². The zero-order valence-corrected chi connectivity index (χ0v) is 8.56. The number of carbonyl (C=O) groups excluding carboxylic acids is 1. The van der Waals surface area contributed by atoms with E-state index in [1.54, 1.807) is 19.2 Å². The van der Waals surface area contributed by atoms with Crippen LogP contribution in [0.25, 0.3) is 0 Å². The first-order valence-corrected chi connectivity index (χ1v) is 4.27. The Hall–Kier alpha value is -2.04. The second kappa shape index (κ2) is 5.64. The molecule has 0 aliphatic heterocycles. The van der Waals surface area contributed by atoms with E-state index in [9.17, 15) is 4.79 Å². The van der Waals surface area contributed by atoms with Gasteiger partial charge < -0.3 is 9.47 Å². The molecule has 1 rings (SSSR count). The molecule has 15 heavy (non-hydrogen) atoms. The van der Waals surface area contributed by atoms with E-state index < -0.39 is 6.09 Å². The molecule has 80 valence electrons. The predicted molar refractivity (Wildman–Crippen MR) is 56.1 cm³/mol. The average molecular weight is 208 g/mol. The van der Waals surface area contributed by atoms with E-state index in [4.69, 9.17) is 4.74 Å². The van der Waals surface area contributed by atoms with Gasteiger partial charge in [-0.2, -0.15) is 5.10 Å². The molecule has 0 fully saturated rings. The quantitative estimate of drug-likeness (QED) is 0.603. The van der Waals surface area contributed by atoms with Crippen molar-refractivity contribution in [1.29, 1.82) is 0 Å². The van der Waals surface area contributed by atoms with Gasteiger partial charge in [0.1, 0.15) is 5.75 Å². The number of benzene rings is 1. The summed E-state index contributed by atoms with van der Waals surface area (Å²) in [4.78, 5) is 10.6. The molecule has 0 saturated heterocycles. The smallest absolute Gasteiger partial charge is 0.427 e. The fraction of sp³-hybridized carbons (Fsp3) is 0.200. The van der Waals surface area contributed by atoms with Gasteiger partial charge in [-0.25, -0.2) is 10.2 Å². The molecule has 5 nitrogen and oxygen atoms in total. The maximum Gasteiger partial charge on any atom is 0.427 e.